The Bertz CT molecular complexity index is 216. The quantitative estimate of drug-likeness (QED) is 0.469. The van der Waals surface area contributed by atoms with Gasteiger partial charge in [0.2, 0.25) is 0 Å². The van der Waals surface area contributed by atoms with Crippen LogP contribution in [0.25, 0.3) is 0 Å². The molecule has 2 unspecified atom stereocenters. The van der Waals surface area contributed by atoms with Gasteiger partial charge in [-0.1, -0.05) is 13.3 Å². The summed E-state index contributed by atoms with van der Waals surface area (Å²) in [5.74, 6) is 0.541. The molecular formula is C11H21CsN2OS-2. The van der Waals surface area contributed by atoms with Crippen molar-refractivity contribution in [3.63, 3.8) is 0 Å². The summed E-state index contributed by atoms with van der Waals surface area (Å²) < 4.78 is 1.87. The molecule has 5 heteroatoms. The molecule has 2 aliphatic rings. The summed E-state index contributed by atoms with van der Waals surface area (Å²) in [6.45, 7) is 3.89. The van der Waals surface area contributed by atoms with Gasteiger partial charge in [-0.2, -0.15) is 6.42 Å². The summed E-state index contributed by atoms with van der Waals surface area (Å²) in [5.41, 5.74) is 0. The molecule has 2 heterocycles. The Balaban J connectivity index is 0. The maximum Gasteiger partial charge on any atom is 1.00 e. The van der Waals surface area contributed by atoms with Crippen molar-refractivity contribution in [3.05, 3.63) is 21.3 Å². The molecule has 2 atom stereocenters. The predicted octanol–water partition coefficient (Wildman–Crippen LogP) is -0.433. The summed E-state index contributed by atoms with van der Waals surface area (Å²) in [7, 11) is 0. The Morgan fingerprint density at radius 1 is 1.50 bits per heavy atom. The molecule has 2 saturated heterocycles. The van der Waals surface area contributed by atoms with Crippen LogP contribution in [0.1, 0.15) is 19.8 Å². The third-order valence-corrected chi connectivity index (χ3v) is 3.93. The van der Waals surface area contributed by atoms with Gasteiger partial charge >= 0.3 is 74.9 Å². The van der Waals surface area contributed by atoms with E-state index < -0.39 is 0 Å². The first-order valence-corrected chi connectivity index (χ1v) is 5.66. The average Bonchev–Trinajstić information content (AvgIpc) is 2.19. The van der Waals surface area contributed by atoms with Crippen molar-refractivity contribution >= 4 is 18.0 Å². The van der Waals surface area contributed by atoms with E-state index in [9.17, 15) is 4.79 Å². The molecule has 0 aromatic rings. The van der Waals surface area contributed by atoms with Gasteiger partial charge in [0.25, 0.3) is 0 Å². The van der Waals surface area contributed by atoms with Crippen LogP contribution in [0.3, 0.4) is 0 Å². The second kappa shape index (κ2) is 9.58. The molecule has 0 radical (unpaired) electrons. The van der Waals surface area contributed by atoms with Crippen LogP contribution in [0.5, 0.6) is 0 Å². The van der Waals surface area contributed by atoms with Crippen LogP contribution in [-0.4, -0.2) is 28.7 Å². The second-order valence-electron chi connectivity index (χ2n) is 3.64. The van der Waals surface area contributed by atoms with E-state index >= 15 is 0 Å². The first-order valence-electron chi connectivity index (χ1n) is 4.83. The Hall–Kier alpha value is 1.67. The molecular weight excluding hydrogens is 341 g/mol. The topological polar surface area (TPSA) is 32.3 Å². The minimum atomic E-state index is 0. The molecule has 0 aromatic heterocycles. The van der Waals surface area contributed by atoms with Gasteiger partial charge in [-0.15, -0.1) is 5.92 Å². The van der Waals surface area contributed by atoms with Crippen molar-refractivity contribution < 1.29 is 73.7 Å². The van der Waals surface area contributed by atoms with Crippen LogP contribution in [0, 0.1) is 27.2 Å². The number of carbonyl (C=O) groups excluding carboxylic acids is 1. The summed E-state index contributed by atoms with van der Waals surface area (Å²) in [6, 6.07) is 0.0923. The molecule has 2 fully saturated rings. The molecule has 1 N–H and O–H groups in total. The van der Waals surface area contributed by atoms with Crippen molar-refractivity contribution in [3.8, 4) is 0 Å². The van der Waals surface area contributed by atoms with Crippen molar-refractivity contribution in [1.82, 2.24) is 9.62 Å². The first kappa shape index (κ1) is 20.0. The van der Waals surface area contributed by atoms with Gasteiger partial charge in [-0.05, 0) is 23.7 Å². The van der Waals surface area contributed by atoms with Crippen molar-refractivity contribution in [2.24, 2.45) is 5.92 Å². The molecule has 2 aliphatic heterocycles. The third-order valence-electron chi connectivity index (χ3n) is 2.65. The number of nitrogens with one attached hydrogen (secondary N) is 1. The van der Waals surface area contributed by atoms with Gasteiger partial charge in [0.15, 0.2) is 0 Å². The number of urea groups is 1. The zero-order valence-electron chi connectivity index (χ0n) is 10.8. The number of amides is 2. The monoisotopic (exact) mass is 362 g/mol. The molecule has 2 rings (SSSR count). The Morgan fingerprint density at radius 3 is 2.88 bits per heavy atom. The second-order valence-corrected chi connectivity index (χ2v) is 5.04. The predicted molar refractivity (Wildman–Crippen MR) is 67.0 cm³/mol. The van der Waals surface area contributed by atoms with E-state index in [0.717, 1.165) is 25.9 Å². The summed E-state index contributed by atoms with van der Waals surface area (Å²) in [4.78, 5) is 11.5. The van der Waals surface area contributed by atoms with E-state index in [1.807, 2.05) is 4.31 Å². The van der Waals surface area contributed by atoms with E-state index in [-0.39, 0.29) is 89.8 Å². The van der Waals surface area contributed by atoms with Gasteiger partial charge in [-0.3, -0.25) is 4.31 Å². The average molecular weight is 362 g/mol. The number of nitrogens with zero attached hydrogens (tertiary/aromatic N) is 1. The van der Waals surface area contributed by atoms with Gasteiger partial charge in [0.1, 0.15) is 0 Å². The van der Waals surface area contributed by atoms with Crippen LogP contribution < -0.4 is 74.2 Å². The fraction of sp³-hybridized carbons (Fsp3) is 0.636. The minimum absolute atomic E-state index is 0. The molecule has 3 nitrogen and oxygen atoms in total. The summed E-state index contributed by atoms with van der Waals surface area (Å²) >= 11 is 1.69. The molecule has 90 valence electrons. The maximum atomic E-state index is 11.5. The normalized spacial score (nSPS) is 28.3. The van der Waals surface area contributed by atoms with E-state index in [1.54, 1.807) is 11.9 Å². The van der Waals surface area contributed by atoms with Crippen molar-refractivity contribution in [2.45, 2.75) is 25.0 Å². The summed E-state index contributed by atoms with van der Waals surface area (Å²) in [5, 5.41) is 3.48. The van der Waals surface area contributed by atoms with Crippen LogP contribution in [0.15, 0.2) is 0 Å². The van der Waals surface area contributed by atoms with Crippen LogP contribution in [-0.2, 0) is 0 Å². The van der Waals surface area contributed by atoms with Crippen LogP contribution in [0.2, 0.25) is 0 Å². The van der Waals surface area contributed by atoms with E-state index in [0.29, 0.717) is 11.2 Å². The fourth-order valence-corrected chi connectivity index (χ4v) is 2.94. The Morgan fingerprint density at radius 2 is 2.19 bits per heavy atom. The van der Waals surface area contributed by atoms with Gasteiger partial charge in [-0.25, -0.2) is 4.79 Å². The molecule has 2 bridgehead atoms. The third kappa shape index (κ3) is 5.12. The maximum absolute atomic E-state index is 11.5. The van der Waals surface area contributed by atoms with E-state index in [1.165, 1.54) is 0 Å². The smallest absolute Gasteiger partial charge is 0.358 e. The molecule has 0 saturated carbocycles. The SMILES string of the molecule is CC1SN2CCC[CH-]C1CNC2=O.[CH3-].[CH3-].[Cs+]. The zero-order chi connectivity index (χ0) is 9.26. The van der Waals surface area contributed by atoms with E-state index in [2.05, 4.69) is 18.7 Å². The fourth-order valence-electron chi connectivity index (χ4n) is 1.78. The van der Waals surface area contributed by atoms with Crippen molar-refractivity contribution in [1.29, 1.82) is 0 Å². The number of hydrogen-bond donors (Lipinski definition) is 1. The van der Waals surface area contributed by atoms with Gasteiger partial charge in [0.05, 0.1) is 0 Å². The standard InChI is InChI=1S/C9H15N2OS.2CH3.Cs/c1-7-8-4-2-3-5-11(13-7)9(12)10-6-8;;;/h4,7-8H,2-3,5-6H2,1H3,(H,10,12);2*1H3;/q3*-1;+1. The number of rotatable bonds is 0. The van der Waals surface area contributed by atoms with Gasteiger partial charge < -0.3 is 26.6 Å². The Labute approximate surface area is 163 Å². The largest absolute Gasteiger partial charge is 1.00 e. The molecule has 16 heavy (non-hydrogen) atoms. The summed E-state index contributed by atoms with van der Waals surface area (Å²) in [6.07, 6.45) is 4.60. The van der Waals surface area contributed by atoms with Gasteiger partial charge in [0, 0.05) is 6.54 Å². The number of fused-ring (bicyclic) bond motifs is 3. The first-order chi connectivity index (χ1) is 6.27. The molecule has 0 aliphatic carbocycles. The van der Waals surface area contributed by atoms with Crippen LogP contribution in [0.4, 0.5) is 4.79 Å². The molecule has 2 amide bonds. The molecule has 0 spiro atoms. The van der Waals surface area contributed by atoms with Crippen molar-refractivity contribution in [2.75, 3.05) is 13.1 Å². The number of hydrogen-bond acceptors (Lipinski definition) is 2. The Kier molecular flexibility index (Phi) is 12.0. The molecule has 0 aromatic carbocycles. The van der Waals surface area contributed by atoms with Crippen LogP contribution >= 0.6 is 11.9 Å². The van der Waals surface area contributed by atoms with E-state index in [4.69, 9.17) is 0 Å². The zero-order valence-corrected chi connectivity index (χ0v) is 17.9. The number of carbonyl (C=O) groups is 1. The minimum Gasteiger partial charge on any atom is -0.358 e.